The van der Waals surface area contributed by atoms with Crippen LogP contribution in [0.1, 0.15) is 43.4 Å². The topological polar surface area (TPSA) is 81.0 Å². The zero-order valence-electron chi connectivity index (χ0n) is 19.4. The van der Waals surface area contributed by atoms with Crippen LogP contribution in [0, 0.1) is 11.3 Å². The van der Waals surface area contributed by atoms with Crippen molar-refractivity contribution in [1.29, 1.82) is 5.26 Å². The van der Waals surface area contributed by atoms with Crippen molar-refractivity contribution in [1.82, 2.24) is 4.57 Å². The molecule has 1 aliphatic heterocycles. The first-order chi connectivity index (χ1) is 16.3. The van der Waals surface area contributed by atoms with Gasteiger partial charge in [-0.3, -0.25) is 9.36 Å². The van der Waals surface area contributed by atoms with Gasteiger partial charge in [0.2, 0.25) is 5.88 Å². The third-order valence-corrected chi connectivity index (χ3v) is 6.37. The maximum Gasteiger partial charge on any atom is 0.263 e. The van der Waals surface area contributed by atoms with Crippen molar-refractivity contribution < 1.29 is 4.74 Å². The summed E-state index contributed by atoms with van der Waals surface area (Å²) in [5.74, 6) is -0.189. The van der Waals surface area contributed by atoms with Gasteiger partial charge in [0.1, 0.15) is 17.4 Å². The Morgan fingerprint density at radius 2 is 1.59 bits per heavy atom. The second-order valence-electron chi connectivity index (χ2n) is 9.53. The average molecular weight is 448 g/mol. The minimum absolute atomic E-state index is 0.0186. The number of para-hydroxylation sites is 2. The normalized spacial score (nSPS) is 15.5. The zero-order valence-corrected chi connectivity index (χ0v) is 19.4. The molecule has 1 aromatic heterocycles. The first kappa shape index (κ1) is 21.5. The Labute approximate surface area is 198 Å². The number of nitriles is 1. The summed E-state index contributed by atoms with van der Waals surface area (Å²) in [6.45, 7) is 6.44. The summed E-state index contributed by atoms with van der Waals surface area (Å²) in [6, 6.07) is 27.3. The number of allylic oxidation sites excluding steroid dienone is 1. The van der Waals surface area contributed by atoms with Crippen molar-refractivity contribution in [3.05, 3.63) is 117 Å². The highest BCUT2D eigenvalue weighted by molar-refractivity contribution is 5.89. The van der Waals surface area contributed by atoms with Gasteiger partial charge < -0.3 is 10.5 Å². The van der Waals surface area contributed by atoms with E-state index in [1.165, 1.54) is 5.56 Å². The minimum Gasteiger partial charge on any atom is -0.439 e. The number of aromatic nitrogens is 1. The van der Waals surface area contributed by atoms with Gasteiger partial charge >= 0.3 is 0 Å². The number of hydrogen-bond acceptors (Lipinski definition) is 4. The van der Waals surface area contributed by atoms with E-state index in [0.29, 0.717) is 16.8 Å². The highest BCUT2D eigenvalue weighted by atomic mass is 16.5. The maximum atomic E-state index is 14.1. The summed E-state index contributed by atoms with van der Waals surface area (Å²) < 4.78 is 7.66. The Balaban J connectivity index is 1.85. The number of benzene rings is 3. The van der Waals surface area contributed by atoms with Crippen LogP contribution in [0.2, 0.25) is 0 Å². The summed E-state index contributed by atoms with van der Waals surface area (Å²) in [7, 11) is 0. The lowest BCUT2D eigenvalue weighted by atomic mass is 9.81. The molecule has 34 heavy (non-hydrogen) atoms. The highest BCUT2D eigenvalue weighted by Crippen LogP contribution is 2.44. The zero-order chi connectivity index (χ0) is 24.0. The van der Waals surface area contributed by atoms with Gasteiger partial charge in [0, 0.05) is 11.1 Å². The first-order valence-electron chi connectivity index (χ1n) is 11.2. The fourth-order valence-electron chi connectivity index (χ4n) is 4.61. The lowest BCUT2D eigenvalue weighted by molar-refractivity contribution is 0.396. The van der Waals surface area contributed by atoms with E-state index >= 15 is 0 Å². The lowest BCUT2D eigenvalue weighted by Crippen LogP contribution is -2.31. The molecule has 0 saturated heterocycles. The summed E-state index contributed by atoms with van der Waals surface area (Å²) >= 11 is 0. The van der Waals surface area contributed by atoms with Gasteiger partial charge in [-0.25, -0.2) is 0 Å². The number of ether oxygens (including phenoxy) is 1. The first-order valence-corrected chi connectivity index (χ1v) is 11.2. The molecule has 4 aromatic rings. The SMILES string of the molecule is CC(C)(C)c1ccc([C@@H]2C(C#N)=C(N)Oc3c2c(=O)n(-c2ccccc2)c2ccccc32)cc1. The van der Waals surface area contributed by atoms with E-state index in [9.17, 15) is 10.1 Å². The van der Waals surface area contributed by atoms with Crippen LogP contribution in [-0.4, -0.2) is 4.57 Å². The quantitative estimate of drug-likeness (QED) is 0.440. The molecule has 1 atom stereocenters. The summed E-state index contributed by atoms with van der Waals surface area (Å²) in [4.78, 5) is 14.1. The van der Waals surface area contributed by atoms with E-state index in [-0.39, 0.29) is 22.4 Å². The Kier molecular flexibility index (Phi) is 5.02. The monoisotopic (exact) mass is 447 g/mol. The van der Waals surface area contributed by atoms with Gasteiger partial charge in [0.05, 0.1) is 17.0 Å². The summed E-state index contributed by atoms with van der Waals surface area (Å²) in [5, 5.41) is 10.8. The Morgan fingerprint density at radius 1 is 0.941 bits per heavy atom. The number of rotatable bonds is 2. The molecular weight excluding hydrogens is 422 g/mol. The Bertz CT molecular complexity index is 1530. The molecule has 5 rings (SSSR count). The fraction of sp³-hybridized carbons (Fsp3) is 0.172. The molecule has 1 aliphatic rings. The van der Waals surface area contributed by atoms with E-state index in [1.807, 2.05) is 78.9 Å². The number of nitrogens with two attached hydrogens (primary N) is 1. The van der Waals surface area contributed by atoms with Gasteiger partial charge in [-0.05, 0) is 40.8 Å². The molecule has 0 amide bonds. The molecule has 5 nitrogen and oxygen atoms in total. The van der Waals surface area contributed by atoms with Crippen LogP contribution in [0.25, 0.3) is 16.6 Å². The van der Waals surface area contributed by atoms with Crippen molar-refractivity contribution in [3.8, 4) is 17.5 Å². The van der Waals surface area contributed by atoms with Crippen LogP contribution in [0.5, 0.6) is 5.75 Å². The van der Waals surface area contributed by atoms with Crippen LogP contribution in [0.15, 0.2) is 95.1 Å². The largest absolute Gasteiger partial charge is 0.439 e. The Morgan fingerprint density at radius 3 is 2.24 bits per heavy atom. The molecule has 0 bridgehead atoms. The van der Waals surface area contributed by atoms with E-state index in [4.69, 9.17) is 10.5 Å². The van der Waals surface area contributed by atoms with Gasteiger partial charge in [-0.2, -0.15) is 5.26 Å². The number of hydrogen-bond donors (Lipinski definition) is 1. The van der Waals surface area contributed by atoms with Gasteiger partial charge in [0.15, 0.2) is 0 Å². The number of pyridine rings is 1. The molecule has 2 N–H and O–H groups in total. The molecule has 2 heterocycles. The molecule has 0 fully saturated rings. The second kappa shape index (κ2) is 7.93. The highest BCUT2D eigenvalue weighted by Gasteiger charge is 2.36. The molecule has 0 aliphatic carbocycles. The molecule has 0 unspecified atom stereocenters. The van der Waals surface area contributed by atoms with Gasteiger partial charge in [-0.1, -0.05) is 75.4 Å². The van der Waals surface area contributed by atoms with Crippen LogP contribution < -0.4 is 16.0 Å². The number of nitrogens with zero attached hydrogens (tertiary/aromatic N) is 2. The molecule has 0 saturated carbocycles. The lowest BCUT2D eigenvalue weighted by Gasteiger charge is -2.28. The van der Waals surface area contributed by atoms with E-state index in [1.54, 1.807) is 4.57 Å². The standard InChI is InChI=1S/C29H25N3O2/c1-29(2,3)19-15-13-18(14-16-19)24-22(17-30)27(31)34-26-21-11-7-8-12-23(21)32(28(33)25(24)26)20-9-5-4-6-10-20/h4-16,24H,31H2,1-3H3/t24-/m1/s1. The van der Waals surface area contributed by atoms with Crippen molar-refractivity contribution >= 4 is 10.9 Å². The number of fused-ring (bicyclic) bond motifs is 3. The van der Waals surface area contributed by atoms with Gasteiger partial charge in [-0.15, -0.1) is 0 Å². The van der Waals surface area contributed by atoms with Crippen LogP contribution >= 0.6 is 0 Å². The van der Waals surface area contributed by atoms with Crippen molar-refractivity contribution in [2.45, 2.75) is 32.1 Å². The van der Waals surface area contributed by atoms with Crippen LogP contribution in [0.3, 0.4) is 0 Å². The van der Waals surface area contributed by atoms with Crippen molar-refractivity contribution in [2.75, 3.05) is 0 Å². The average Bonchev–Trinajstić information content (AvgIpc) is 2.83. The van der Waals surface area contributed by atoms with Crippen molar-refractivity contribution in [3.63, 3.8) is 0 Å². The molecular formula is C29H25N3O2. The second-order valence-corrected chi connectivity index (χ2v) is 9.53. The molecule has 0 spiro atoms. The maximum absolute atomic E-state index is 14.1. The molecule has 5 heteroatoms. The molecule has 168 valence electrons. The van der Waals surface area contributed by atoms with Crippen LogP contribution in [0.4, 0.5) is 0 Å². The summed E-state index contributed by atoms with van der Waals surface area (Å²) in [6.07, 6.45) is 0. The predicted octanol–water partition coefficient (Wildman–Crippen LogP) is 5.51. The van der Waals surface area contributed by atoms with E-state index < -0.39 is 5.92 Å². The summed E-state index contributed by atoms with van der Waals surface area (Å²) in [5.41, 5.74) is 10.1. The minimum atomic E-state index is -0.630. The van der Waals surface area contributed by atoms with E-state index in [2.05, 4.69) is 26.8 Å². The van der Waals surface area contributed by atoms with E-state index in [0.717, 1.165) is 16.6 Å². The van der Waals surface area contributed by atoms with Gasteiger partial charge in [0.25, 0.3) is 5.56 Å². The fourth-order valence-corrected chi connectivity index (χ4v) is 4.61. The van der Waals surface area contributed by atoms with Crippen LogP contribution in [-0.2, 0) is 5.41 Å². The molecule has 0 radical (unpaired) electrons. The third kappa shape index (κ3) is 3.36. The van der Waals surface area contributed by atoms with Crippen molar-refractivity contribution in [2.24, 2.45) is 5.73 Å². The Hall–Kier alpha value is -4.30. The predicted molar refractivity (Wildman–Crippen MR) is 134 cm³/mol. The third-order valence-electron chi connectivity index (χ3n) is 6.37. The molecule has 3 aromatic carbocycles. The smallest absolute Gasteiger partial charge is 0.263 e.